The Balaban J connectivity index is 2.18. The van der Waals surface area contributed by atoms with Crippen LogP contribution in [0.3, 0.4) is 0 Å². The number of benzene rings is 1. The van der Waals surface area contributed by atoms with Crippen molar-refractivity contribution in [3.63, 3.8) is 0 Å². The largest absolute Gasteiger partial charge is 0.478 e. The Morgan fingerprint density at radius 2 is 2.21 bits per heavy atom. The number of hydrogen-bond donors (Lipinski definition) is 1. The molecule has 0 saturated carbocycles. The van der Waals surface area contributed by atoms with Crippen LogP contribution in [-0.2, 0) is 6.42 Å². The number of carboxylic acids is 1. The molecule has 0 amide bonds. The molecule has 1 atom stereocenters. The molecule has 4 nitrogen and oxygen atoms in total. The van der Waals surface area contributed by atoms with Gasteiger partial charge in [0.05, 0.1) is 5.56 Å². The van der Waals surface area contributed by atoms with Crippen LogP contribution in [0.1, 0.15) is 41.9 Å². The standard InChI is InChI=1S/C15H16N2O2/c1-10-5-4-6-11-9-16-14(17(10)11)12-7-2-3-8-13(12)15(18)19/h2-3,7-10H,4-6H2,1H3,(H,18,19). The Hall–Kier alpha value is -2.10. The van der Waals surface area contributed by atoms with Crippen molar-refractivity contribution >= 4 is 5.97 Å². The van der Waals surface area contributed by atoms with Crippen molar-refractivity contribution < 1.29 is 9.90 Å². The summed E-state index contributed by atoms with van der Waals surface area (Å²) in [6.07, 6.45) is 5.19. The lowest BCUT2D eigenvalue weighted by Crippen LogP contribution is -2.16. The lowest BCUT2D eigenvalue weighted by Gasteiger charge is -2.24. The lowest BCUT2D eigenvalue weighted by atomic mass is 10.0. The molecule has 98 valence electrons. The van der Waals surface area contributed by atoms with E-state index in [1.807, 2.05) is 18.3 Å². The molecule has 0 fully saturated rings. The van der Waals surface area contributed by atoms with Gasteiger partial charge in [-0.2, -0.15) is 0 Å². The van der Waals surface area contributed by atoms with Gasteiger partial charge in [0.25, 0.3) is 0 Å². The van der Waals surface area contributed by atoms with Crippen molar-refractivity contribution in [1.29, 1.82) is 0 Å². The first-order valence-electron chi connectivity index (χ1n) is 6.57. The van der Waals surface area contributed by atoms with E-state index in [9.17, 15) is 9.90 Å². The Kier molecular flexibility index (Phi) is 2.85. The molecule has 2 aromatic rings. The third kappa shape index (κ3) is 1.93. The molecule has 0 radical (unpaired) electrons. The van der Waals surface area contributed by atoms with Gasteiger partial charge in [-0.1, -0.05) is 18.2 Å². The molecule has 19 heavy (non-hydrogen) atoms. The monoisotopic (exact) mass is 256 g/mol. The molecule has 0 spiro atoms. The minimum atomic E-state index is -0.906. The molecule has 1 aromatic heterocycles. The molecule has 3 rings (SSSR count). The zero-order valence-corrected chi connectivity index (χ0v) is 10.8. The molecule has 0 bridgehead atoms. The van der Waals surface area contributed by atoms with Crippen molar-refractivity contribution in [2.75, 3.05) is 0 Å². The Morgan fingerprint density at radius 3 is 3.00 bits per heavy atom. The Morgan fingerprint density at radius 1 is 1.42 bits per heavy atom. The molecule has 0 aliphatic carbocycles. The fraction of sp³-hybridized carbons (Fsp3) is 0.333. The van der Waals surface area contributed by atoms with Crippen LogP contribution in [0, 0.1) is 0 Å². The van der Waals surface area contributed by atoms with E-state index in [0.717, 1.165) is 18.7 Å². The van der Waals surface area contributed by atoms with E-state index in [-0.39, 0.29) is 0 Å². The second-order valence-electron chi connectivity index (χ2n) is 5.04. The highest BCUT2D eigenvalue weighted by Crippen LogP contribution is 2.32. The van der Waals surface area contributed by atoms with Gasteiger partial charge in [0.2, 0.25) is 0 Å². The number of imidazole rings is 1. The number of nitrogens with zero attached hydrogens (tertiary/aromatic N) is 2. The zero-order valence-electron chi connectivity index (χ0n) is 10.8. The van der Waals surface area contributed by atoms with Gasteiger partial charge in [-0.15, -0.1) is 0 Å². The van der Waals surface area contributed by atoms with Gasteiger partial charge in [-0.05, 0) is 32.3 Å². The SMILES string of the molecule is CC1CCCc2cnc(-c3ccccc3C(=O)O)n21. The van der Waals surface area contributed by atoms with Gasteiger partial charge in [0.1, 0.15) is 5.82 Å². The second-order valence-corrected chi connectivity index (χ2v) is 5.04. The van der Waals surface area contributed by atoms with Crippen molar-refractivity contribution in [3.05, 3.63) is 41.7 Å². The van der Waals surface area contributed by atoms with Crippen LogP contribution < -0.4 is 0 Å². The average molecular weight is 256 g/mol. The minimum Gasteiger partial charge on any atom is -0.478 e. The van der Waals surface area contributed by atoms with Crippen molar-refractivity contribution in [3.8, 4) is 11.4 Å². The van der Waals surface area contributed by atoms with Gasteiger partial charge < -0.3 is 9.67 Å². The predicted octanol–water partition coefficient (Wildman–Crippen LogP) is 3.15. The van der Waals surface area contributed by atoms with Gasteiger partial charge in [0, 0.05) is 23.5 Å². The molecule has 1 N–H and O–H groups in total. The van der Waals surface area contributed by atoms with Crippen LogP contribution >= 0.6 is 0 Å². The third-order valence-corrected chi connectivity index (χ3v) is 3.77. The summed E-state index contributed by atoms with van der Waals surface area (Å²) in [5.41, 5.74) is 2.22. The van der Waals surface area contributed by atoms with E-state index < -0.39 is 5.97 Å². The highest BCUT2D eigenvalue weighted by Gasteiger charge is 2.23. The molecule has 2 heterocycles. The number of aromatic carboxylic acids is 1. The number of aromatic nitrogens is 2. The maximum Gasteiger partial charge on any atom is 0.336 e. The van der Waals surface area contributed by atoms with Crippen LogP contribution in [-0.4, -0.2) is 20.6 Å². The number of carbonyl (C=O) groups is 1. The first kappa shape index (κ1) is 12.0. The maximum absolute atomic E-state index is 11.3. The summed E-state index contributed by atoms with van der Waals surface area (Å²) in [7, 11) is 0. The number of carboxylic acid groups (broad SMARTS) is 1. The summed E-state index contributed by atoms with van der Waals surface area (Å²) in [4.78, 5) is 15.8. The molecule has 4 heteroatoms. The molecule has 1 aliphatic heterocycles. The van der Waals surface area contributed by atoms with Crippen molar-refractivity contribution in [1.82, 2.24) is 9.55 Å². The first-order valence-corrected chi connectivity index (χ1v) is 6.57. The summed E-state index contributed by atoms with van der Waals surface area (Å²) >= 11 is 0. The number of hydrogen-bond acceptors (Lipinski definition) is 2. The van der Waals surface area contributed by atoms with Crippen molar-refractivity contribution in [2.45, 2.75) is 32.2 Å². The Bertz CT molecular complexity index is 631. The van der Waals surface area contributed by atoms with Crippen LogP contribution in [0.15, 0.2) is 30.5 Å². The number of aryl methyl sites for hydroxylation is 1. The summed E-state index contributed by atoms with van der Waals surface area (Å²) in [5, 5.41) is 9.30. The molecule has 1 unspecified atom stereocenters. The van der Waals surface area contributed by atoms with Gasteiger partial charge in [-0.25, -0.2) is 9.78 Å². The molecular weight excluding hydrogens is 240 g/mol. The van der Waals surface area contributed by atoms with E-state index in [2.05, 4.69) is 16.5 Å². The summed E-state index contributed by atoms with van der Waals surface area (Å²) in [6, 6.07) is 7.45. The van der Waals surface area contributed by atoms with Gasteiger partial charge >= 0.3 is 5.97 Å². The molecule has 0 saturated heterocycles. The number of rotatable bonds is 2. The summed E-state index contributed by atoms with van der Waals surface area (Å²) in [6.45, 7) is 2.16. The topological polar surface area (TPSA) is 55.1 Å². The first-order chi connectivity index (χ1) is 9.18. The van der Waals surface area contributed by atoms with Gasteiger partial charge in [0.15, 0.2) is 0 Å². The second kappa shape index (κ2) is 4.53. The lowest BCUT2D eigenvalue weighted by molar-refractivity contribution is 0.0697. The third-order valence-electron chi connectivity index (χ3n) is 3.77. The zero-order chi connectivity index (χ0) is 13.4. The normalized spacial score (nSPS) is 18.1. The summed E-state index contributed by atoms with van der Waals surface area (Å²) in [5.74, 6) is -0.128. The van der Waals surface area contributed by atoms with E-state index in [1.165, 1.54) is 12.1 Å². The minimum absolute atomic E-state index is 0.314. The molecular formula is C15H16N2O2. The van der Waals surface area contributed by atoms with Gasteiger partial charge in [-0.3, -0.25) is 0 Å². The highest BCUT2D eigenvalue weighted by molar-refractivity contribution is 5.95. The highest BCUT2D eigenvalue weighted by atomic mass is 16.4. The molecule has 1 aliphatic rings. The Labute approximate surface area is 111 Å². The number of fused-ring (bicyclic) bond motifs is 1. The molecule has 1 aromatic carbocycles. The maximum atomic E-state index is 11.3. The summed E-state index contributed by atoms with van der Waals surface area (Å²) < 4.78 is 2.19. The van der Waals surface area contributed by atoms with Crippen LogP contribution in [0.25, 0.3) is 11.4 Å². The van der Waals surface area contributed by atoms with E-state index in [4.69, 9.17) is 0 Å². The fourth-order valence-corrected chi connectivity index (χ4v) is 2.84. The smallest absolute Gasteiger partial charge is 0.336 e. The average Bonchev–Trinajstić information content (AvgIpc) is 2.84. The van der Waals surface area contributed by atoms with Crippen LogP contribution in [0.5, 0.6) is 0 Å². The van der Waals surface area contributed by atoms with E-state index in [1.54, 1.807) is 12.1 Å². The van der Waals surface area contributed by atoms with Crippen LogP contribution in [0.2, 0.25) is 0 Å². The quantitative estimate of drug-likeness (QED) is 0.898. The van der Waals surface area contributed by atoms with E-state index >= 15 is 0 Å². The van der Waals surface area contributed by atoms with Crippen LogP contribution in [0.4, 0.5) is 0 Å². The van der Waals surface area contributed by atoms with Crippen molar-refractivity contribution in [2.24, 2.45) is 0 Å². The fourth-order valence-electron chi connectivity index (χ4n) is 2.84. The predicted molar refractivity (Wildman–Crippen MR) is 72.3 cm³/mol. The van der Waals surface area contributed by atoms with E-state index in [0.29, 0.717) is 17.2 Å².